The van der Waals surface area contributed by atoms with Crippen molar-refractivity contribution in [3.05, 3.63) is 24.3 Å². The summed E-state index contributed by atoms with van der Waals surface area (Å²) in [5.41, 5.74) is -0.615. The minimum atomic E-state index is -4.93. The molecule has 7 heteroatoms. The van der Waals surface area contributed by atoms with Crippen molar-refractivity contribution in [2.45, 2.75) is 12.8 Å². The Balaban J connectivity index is 0.00000162. The Morgan fingerprint density at radius 3 is 2.22 bits per heavy atom. The van der Waals surface area contributed by atoms with Gasteiger partial charge in [0.2, 0.25) is 0 Å². The Hall–Kier alpha value is 0.471. The average molecular weight is 284 g/mol. The molecule has 1 saturated carbocycles. The molecule has 0 heterocycles. The first-order chi connectivity index (χ1) is 8.05. The normalized spacial score (nSPS) is 15.1. The minimum absolute atomic E-state index is 0. The molecular weight excluding hydrogens is 271 g/mol. The van der Waals surface area contributed by atoms with Crippen LogP contribution in [0.4, 0.5) is 12.9 Å². The van der Waals surface area contributed by atoms with Crippen LogP contribution in [0.5, 0.6) is 5.75 Å². The molecule has 1 aliphatic carbocycles. The summed E-state index contributed by atoms with van der Waals surface area (Å²) in [4.78, 5) is 0. The maximum absolute atomic E-state index is 12.3. The summed E-state index contributed by atoms with van der Waals surface area (Å²) in [5, 5.41) is 0. The Morgan fingerprint density at radius 1 is 1.11 bits per heavy atom. The molecule has 0 atom stereocenters. The summed E-state index contributed by atoms with van der Waals surface area (Å²) >= 11 is 0. The molecule has 0 aromatic heterocycles. The average Bonchev–Trinajstić information content (AvgIpc) is 3.08. The molecule has 2 rings (SSSR count). The first-order valence-corrected chi connectivity index (χ1v) is 5.56. The van der Waals surface area contributed by atoms with E-state index in [1.165, 1.54) is 25.0 Å². The molecule has 2 nitrogen and oxygen atoms in total. The first kappa shape index (κ1) is 16.5. The Bertz CT molecular complexity index is 366. The van der Waals surface area contributed by atoms with Crippen LogP contribution < -0.4 is 61.6 Å². The Morgan fingerprint density at radius 2 is 1.72 bits per heavy atom. The van der Waals surface area contributed by atoms with E-state index < -0.39 is 12.4 Å². The molecule has 1 aromatic carbocycles. The zero-order valence-corrected chi connectivity index (χ0v) is 13.4. The first-order valence-electron chi connectivity index (χ1n) is 5.56. The van der Waals surface area contributed by atoms with Crippen molar-refractivity contribution in [2.24, 2.45) is 5.92 Å². The van der Waals surface area contributed by atoms with Crippen LogP contribution in [0.3, 0.4) is 0 Å². The predicted octanol–water partition coefficient (Wildman–Crippen LogP) is -0.492. The second-order valence-electron chi connectivity index (χ2n) is 4.22. The molecule has 0 spiro atoms. The van der Waals surface area contributed by atoms with Gasteiger partial charge in [-0.1, -0.05) is 12.1 Å². The summed E-state index contributed by atoms with van der Waals surface area (Å²) in [5.74, 6) is 1.04. The Kier molecular flexibility index (Phi) is 6.71. The van der Waals surface area contributed by atoms with Crippen molar-refractivity contribution in [3.63, 3.8) is 0 Å². The maximum atomic E-state index is 12.3. The van der Waals surface area contributed by atoms with Gasteiger partial charge in [0.05, 0.1) is 6.61 Å². The van der Waals surface area contributed by atoms with E-state index in [0.29, 0.717) is 18.3 Å². The van der Waals surface area contributed by atoms with Gasteiger partial charge in [-0.25, -0.2) is 0 Å². The summed E-state index contributed by atoms with van der Waals surface area (Å²) in [6.07, 6.45) is 2.39. The van der Waals surface area contributed by atoms with Crippen LogP contribution in [0, 0.1) is 5.92 Å². The largest absolute Gasteiger partial charge is 1.00 e. The summed E-state index contributed by atoms with van der Waals surface area (Å²) in [6, 6.07) is 4.67. The number of rotatable bonds is 6. The van der Waals surface area contributed by atoms with Crippen LogP contribution in [-0.4, -0.2) is 20.4 Å². The molecule has 94 valence electrons. The van der Waals surface area contributed by atoms with Gasteiger partial charge in [-0.15, -0.1) is 5.46 Å². The van der Waals surface area contributed by atoms with Gasteiger partial charge in [0.15, 0.2) is 6.79 Å². The van der Waals surface area contributed by atoms with Gasteiger partial charge < -0.3 is 22.4 Å². The number of ether oxygens (including phenoxy) is 2. The van der Waals surface area contributed by atoms with Gasteiger partial charge in [0.1, 0.15) is 5.75 Å². The van der Waals surface area contributed by atoms with E-state index in [0.717, 1.165) is 12.1 Å². The fourth-order valence-electron chi connectivity index (χ4n) is 1.39. The van der Waals surface area contributed by atoms with E-state index in [1.54, 1.807) is 0 Å². The van der Waals surface area contributed by atoms with Gasteiger partial charge >= 0.3 is 58.4 Å². The van der Waals surface area contributed by atoms with E-state index in [9.17, 15) is 12.9 Å². The molecule has 1 aromatic rings. The van der Waals surface area contributed by atoms with Gasteiger partial charge in [0.25, 0.3) is 0 Å². The number of halogens is 3. The van der Waals surface area contributed by atoms with Crippen LogP contribution in [-0.2, 0) is 4.74 Å². The molecule has 0 unspecified atom stereocenters. The molecule has 0 N–H and O–H groups in total. The van der Waals surface area contributed by atoms with Crippen molar-refractivity contribution in [1.29, 1.82) is 0 Å². The quantitative estimate of drug-likeness (QED) is 0.399. The molecule has 1 fully saturated rings. The third-order valence-corrected chi connectivity index (χ3v) is 2.62. The van der Waals surface area contributed by atoms with Crippen LogP contribution in [0.1, 0.15) is 12.8 Å². The monoisotopic (exact) mass is 284 g/mol. The third-order valence-electron chi connectivity index (χ3n) is 2.62. The number of benzene rings is 1. The third kappa shape index (κ3) is 5.63. The predicted molar refractivity (Wildman–Crippen MR) is 59.3 cm³/mol. The summed E-state index contributed by atoms with van der Waals surface area (Å²) in [6.45, 7) is -4.17. The molecular formula is C11H13BF3KO2. The van der Waals surface area contributed by atoms with Crippen molar-refractivity contribution in [3.8, 4) is 5.75 Å². The minimum Gasteiger partial charge on any atom is -0.468 e. The Labute approximate surface area is 147 Å². The van der Waals surface area contributed by atoms with Gasteiger partial charge in [0, 0.05) is 0 Å². The van der Waals surface area contributed by atoms with E-state index in [1.807, 2.05) is 0 Å². The fraction of sp³-hybridized carbons (Fsp3) is 0.455. The molecule has 0 amide bonds. The SMILES string of the molecule is F[B-](F)(F)c1ccc(OCOCC2CC2)cc1.[K+]. The number of hydrogen-bond donors (Lipinski definition) is 0. The van der Waals surface area contributed by atoms with Crippen molar-refractivity contribution in [2.75, 3.05) is 13.4 Å². The molecule has 1 aliphatic rings. The van der Waals surface area contributed by atoms with Crippen LogP contribution in [0.15, 0.2) is 24.3 Å². The van der Waals surface area contributed by atoms with E-state index >= 15 is 0 Å². The van der Waals surface area contributed by atoms with Crippen LogP contribution in [0.2, 0.25) is 0 Å². The fourth-order valence-corrected chi connectivity index (χ4v) is 1.39. The number of hydrogen-bond acceptors (Lipinski definition) is 2. The molecule has 0 radical (unpaired) electrons. The molecule has 0 bridgehead atoms. The zero-order valence-electron chi connectivity index (χ0n) is 10.2. The standard InChI is InChI=1S/C11H13BF3O2.K/c13-12(14,15)10-3-5-11(6-4-10)17-8-16-7-9-1-2-9;/h3-6,9H,1-2,7-8H2;/q-1;+1. The zero-order chi connectivity index (χ0) is 12.3. The summed E-state index contributed by atoms with van der Waals surface area (Å²) < 4.78 is 47.3. The van der Waals surface area contributed by atoms with Crippen molar-refractivity contribution in [1.82, 2.24) is 0 Å². The van der Waals surface area contributed by atoms with Crippen molar-refractivity contribution < 1.29 is 73.8 Å². The maximum Gasteiger partial charge on any atom is 1.00 e. The van der Waals surface area contributed by atoms with E-state index in [2.05, 4.69) is 0 Å². The van der Waals surface area contributed by atoms with Gasteiger partial charge in [-0.3, -0.25) is 0 Å². The van der Waals surface area contributed by atoms with Gasteiger partial charge in [-0.2, -0.15) is 0 Å². The molecule has 0 saturated heterocycles. The molecule has 18 heavy (non-hydrogen) atoms. The van der Waals surface area contributed by atoms with Crippen LogP contribution >= 0.6 is 0 Å². The topological polar surface area (TPSA) is 18.5 Å². The second kappa shape index (κ2) is 7.31. The van der Waals surface area contributed by atoms with Gasteiger partial charge in [-0.05, 0) is 30.9 Å². The summed E-state index contributed by atoms with van der Waals surface area (Å²) in [7, 11) is 0. The van der Waals surface area contributed by atoms with E-state index in [4.69, 9.17) is 9.47 Å². The van der Waals surface area contributed by atoms with E-state index in [-0.39, 0.29) is 58.2 Å². The second-order valence-corrected chi connectivity index (χ2v) is 4.22. The molecule has 0 aliphatic heterocycles. The van der Waals surface area contributed by atoms with Crippen LogP contribution in [0.25, 0.3) is 0 Å². The smallest absolute Gasteiger partial charge is 0.468 e. The van der Waals surface area contributed by atoms with Crippen molar-refractivity contribution >= 4 is 12.4 Å².